The SMILES string of the molecule is CCOC(=O)c1ccc(N2CC(C(=O)OC)CC2=O)c(Br)c1. The number of hydrogen-bond acceptors (Lipinski definition) is 5. The monoisotopic (exact) mass is 369 g/mol. The quantitative estimate of drug-likeness (QED) is 0.760. The van der Waals surface area contributed by atoms with Crippen LogP contribution in [0.25, 0.3) is 0 Å². The van der Waals surface area contributed by atoms with E-state index < -0.39 is 17.9 Å². The van der Waals surface area contributed by atoms with E-state index in [1.807, 2.05) is 0 Å². The second kappa shape index (κ2) is 6.91. The first-order chi connectivity index (χ1) is 10.5. The third-order valence-corrected chi connectivity index (χ3v) is 4.04. The highest BCUT2D eigenvalue weighted by Gasteiger charge is 2.36. The van der Waals surface area contributed by atoms with Gasteiger partial charge in [-0.25, -0.2) is 4.79 Å². The van der Waals surface area contributed by atoms with Gasteiger partial charge >= 0.3 is 11.9 Å². The average Bonchev–Trinajstić information content (AvgIpc) is 2.88. The highest BCUT2D eigenvalue weighted by Crippen LogP contribution is 2.32. The van der Waals surface area contributed by atoms with Gasteiger partial charge in [0, 0.05) is 17.4 Å². The van der Waals surface area contributed by atoms with Gasteiger partial charge in [-0.05, 0) is 41.1 Å². The molecular formula is C15H16BrNO5. The Morgan fingerprint density at radius 1 is 1.41 bits per heavy atom. The van der Waals surface area contributed by atoms with Crippen LogP contribution in [0.3, 0.4) is 0 Å². The van der Waals surface area contributed by atoms with Crippen LogP contribution in [0.2, 0.25) is 0 Å². The molecule has 7 heteroatoms. The fraction of sp³-hybridized carbons (Fsp3) is 0.400. The van der Waals surface area contributed by atoms with Crippen LogP contribution < -0.4 is 4.90 Å². The van der Waals surface area contributed by atoms with Crippen LogP contribution in [-0.2, 0) is 19.1 Å². The second-order valence-electron chi connectivity index (χ2n) is 4.82. The Morgan fingerprint density at radius 2 is 2.14 bits per heavy atom. The maximum Gasteiger partial charge on any atom is 0.338 e. The van der Waals surface area contributed by atoms with E-state index >= 15 is 0 Å². The molecule has 1 saturated heterocycles. The van der Waals surface area contributed by atoms with E-state index in [1.54, 1.807) is 25.1 Å². The predicted octanol–water partition coefficient (Wildman–Crippen LogP) is 2.15. The lowest BCUT2D eigenvalue weighted by Crippen LogP contribution is -2.26. The maximum absolute atomic E-state index is 12.1. The lowest BCUT2D eigenvalue weighted by molar-refractivity contribution is -0.145. The number of esters is 2. The molecule has 118 valence electrons. The Kier molecular flexibility index (Phi) is 5.18. The topological polar surface area (TPSA) is 72.9 Å². The summed E-state index contributed by atoms with van der Waals surface area (Å²) in [5.41, 5.74) is 1.01. The van der Waals surface area contributed by atoms with E-state index in [1.165, 1.54) is 12.0 Å². The van der Waals surface area contributed by atoms with Crippen molar-refractivity contribution < 1.29 is 23.9 Å². The zero-order valence-corrected chi connectivity index (χ0v) is 13.9. The van der Waals surface area contributed by atoms with Crippen molar-refractivity contribution >= 4 is 39.5 Å². The van der Waals surface area contributed by atoms with Crippen LogP contribution in [0, 0.1) is 5.92 Å². The Balaban J connectivity index is 2.21. The number of hydrogen-bond donors (Lipinski definition) is 0. The van der Waals surface area contributed by atoms with Gasteiger partial charge in [-0.2, -0.15) is 0 Å². The number of carbonyl (C=O) groups excluding carboxylic acids is 3. The minimum Gasteiger partial charge on any atom is -0.469 e. The van der Waals surface area contributed by atoms with Crippen molar-refractivity contribution in [2.45, 2.75) is 13.3 Å². The van der Waals surface area contributed by atoms with Crippen molar-refractivity contribution in [3.63, 3.8) is 0 Å². The van der Waals surface area contributed by atoms with Crippen LogP contribution in [0.5, 0.6) is 0 Å². The standard InChI is InChI=1S/C15H16BrNO5/c1-3-22-15(20)9-4-5-12(11(16)6-9)17-8-10(7-13(17)18)14(19)21-2/h4-6,10H,3,7-8H2,1-2H3. The molecule has 2 rings (SSSR count). The van der Waals surface area contributed by atoms with Crippen LogP contribution in [0.15, 0.2) is 22.7 Å². The molecule has 1 aliphatic rings. The van der Waals surface area contributed by atoms with Gasteiger partial charge in [-0.3, -0.25) is 9.59 Å². The number of rotatable bonds is 4. The third kappa shape index (κ3) is 3.30. The second-order valence-corrected chi connectivity index (χ2v) is 5.67. The van der Waals surface area contributed by atoms with Gasteiger partial charge in [-0.1, -0.05) is 0 Å². The van der Waals surface area contributed by atoms with Gasteiger partial charge in [0.2, 0.25) is 5.91 Å². The molecule has 0 saturated carbocycles. The third-order valence-electron chi connectivity index (χ3n) is 3.41. The molecule has 0 radical (unpaired) electrons. The summed E-state index contributed by atoms with van der Waals surface area (Å²) >= 11 is 3.36. The van der Waals surface area contributed by atoms with Crippen molar-refractivity contribution in [1.82, 2.24) is 0 Å². The fourth-order valence-corrected chi connectivity index (χ4v) is 2.92. The summed E-state index contributed by atoms with van der Waals surface area (Å²) in [5, 5.41) is 0. The average molecular weight is 370 g/mol. The molecule has 0 aromatic heterocycles. The van der Waals surface area contributed by atoms with Gasteiger partial charge in [0.25, 0.3) is 0 Å². The Bertz CT molecular complexity index is 616. The predicted molar refractivity (Wildman–Crippen MR) is 82.6 cm³/mol. The molecule has 1 fully saturated rings. The van der Waals surface area contributed by atoms with E-state index in [4.69, 9.17) is 4.74 Å². The number of anilines is 1. The van der Waals surface area contributed by atoms with Crippen LogP contribution >= 0.6 is 15.9 Å². The molecule has 22 heavy (non-hydrogen) atoms. The summed E-state index contributed by atoms with van der Waals surface area (Å²) in [6.07, 6.45) is 0.124. The van der Waals surface area contributed by atoms with E-state index in [-0.39, 0.29) is 18.9 Å². The van der Waals surface area contributed by atoms with Gasteiger partial charge < -0.3 is 14.4 Å². The highest BCUT2D eigenvalue weighted by molar-refractivity contribution is 9.10. The molecule has 0 spiro atoms. The Labute approximate surface area is 136 Å². The molecule has 6 nitrogen and oxygen atoms in total. The Morgan fingerprint density at radius 3 is 2.73 bits per heavy atom. The largest absolute Gasteiger partial charge is 0.469 e. The van der Waals surface area contributed by atoms with Crippen molar-refractivity contribution in [3.05, 3.63) is 28.2 Å². The van der Waals surface area contributed by atoms with Gasteiger partial charge in [0.1, 0.15) is 0 Å². The molecule has 1 aromatic rings. The van der Waals surface area contributed by atoms with Crippen molar-refractivity contribution in [1.29, 1.82) is 0 Å². The molecule has 1 atom stereocenters. The molecule has 1 heterocycles. The number of nitrogens with zero attached hydrogens (tertiary/aromatic N) is 1. The maximum atomic E-state index is 12.1. The van der Waals surface area contributed by atoms with Crippen LogP contribution in [0.4, 0.5) is 5.69 Å². The van der Waals surface area contributed by atoms with Gasteiger partial charge in [0.05, 0.1) is 30.9 Å². The molecule has 1 aromatic carbocycles. The number of benzene rings is 1. The van der Waals surface area contributed by atoms with Crippen molar-refractivity contribution in [2.24, 2.45) is 5.92 Å². The number of amides is 1. The van der Waals surface area contributed by atoms with Crippen molar-refractivity contribution in [3.8, 4) is 0 Å². The first-order valence-corrected chi connectivity index (χ1v) is 7.62. The lowest BCUT2D eigenvalue weighted by atomic mass is 10.1. The number of halogens is 1. The summed E-state index contributed by atoms with van der Waals surface area (Å²) in [6, 6.07) is 4.86. The summed E-state index contributed by atoms with van der Waals surface area (Å²) in [6.45, 7) is 2.30. The summed E-state index contributed by atoms with van der Waals surface area (Å²) < 4.78 is 10.2. The molecule has 0 aliphatic carbocycles. The summed E-state index contributed by atoms with van der Waals surface area (Å²) in [4.78, 5) is 36.9. The minimum atomic E-state index is -0.464. The fourth-order valence-electron chi connectivity index (χ4n) is 2.33. The normalized spacial score (nSPS) is 17.5. The van der Waals surface area contributed by atoms with E-state index in [2.05, 4.69) is 20.7 Å². The molecule has 0 N–H and O–H groups in total. The zero-order chi connectivity index (χ0) is 16.3. The van der Waals surface area contributed by atoms with Crippen LogP contribution in [-0.4, -0.2) is 38.1 Å². The summed E-state index contributed by atoms with van der Waals surface area (Å²) in [7, 11) is 1.31. The molecule has 1 amide bonds. The highest BCUT2D eigenvalue weighted by atomic mass is 79.9. The molecule has 1 aliphatic heterocycles. The lowest BCUT2D eigenvalue weighted by Gasteiger charge is -2.18. The van der Waals surface area contributed by atoms with E-state index in [0.717, 1.165) is 0 Å². The van der Waals surface area contributed by atoms with E-state index in [9.17, 15) is 14.4 Å². The van der Waals surface area contributed by atoms with Crippen molar-refractivity contribution in [2.75, 3.05) is 25.2 Å². The van der Waals surface area contributed by atoms with Crippen LogP contribution in [0.1, 0.15) is 23.7 Å². The Hall–Kier alpha value is -1.89. The summed E-state index contributed by atoms with van der Waals surface area (Å²) in [5.74, 6) is -1.43. The van der Waals surface area contributed by atoms with E-state index in [0.29, 0.717) is 22.3 Å². The first-order valence-electron chi connectivity index (χ1n) is 6.82. The van der Waals surface area contributed by atoms with Gasteiger partial charge in [-0.15, -0.1) is 0 Å². The molecule has 0 bridgehead atoms. The molecule has 1 unspecified atom stereocenters. The molecular weight excluding hydrogens is 354 g/mol. The minimum absolute atomic E-state index is 0.124. The zero-order valence-electron chi connectivity index (χ0n) is 12.3. The number of ether oxygens (including phenoxy) is 2. The van der Waals surface area contributed by atoms with Gasteiger partial charge in [0.15, 0.2) is 0 Å². The first kappa shape index (κ1) is 16.5. The number of carbonyl (C=O) groups is 3. The smallest absolute Gasteiger partial charge is 0.338 e. The number of methoxy groups -OCH3 is 1.